The molecule has 134 valence electrons. The average Bonchev–Trinajstić information content (AvgIpc) is 2.91. The van der Waals surface area contributed by atoms with Crippen LogP contribution in [-0.2, 0) is 32.2 Å². The Bertz CT molecular complexity index is 664. The van der Waals surface area contributed by atoms with Crippen LogP contribution in [0.2, 0.25) is 0 Å². The number of hydrogen-bond acceptors (Lipinski definition) is 5. The molecule has 0 bridgehead atoms. The first-order valence-electron chi connectivity index (χ1n) is 8.79. The van der Waals surface area contributed by atoms with Crippen molar-refractivity contribution in [2.24, 2.45) is 0 Å². The first-order chi connectivity index (χ1) is 12.6. The van der Waals surface area contributed by atoms with Gasteiger partial charge in [-0.25, -0.2) is 0 Å². The van der Waals surface area contributed by atoms with Crippen LogP contribution in [0.1, 0.15) is 12.5 Å². The van der Waals surface area contributed by atoms with Gasteiger partial charge in [0.1, 0.15) is 18.3 Å². The molecule has 5 heteroatoms. The summed E-state index contributed by atoms with van der Waals surface area (Å²) in [7, 11) is 1.39. The van der Waals surface area contributed by atoms with Gasteiger partial charge < -0.3 is 24.1 Å². The first kappa shape index (κ1) is 16.7. The molecule has 3 rings (SSSR count). The van der Waals surface area contributed by atoms with Gasteiger partial charge in [-0.2, -0.15) is 0 Å². The highest BCUT2D eigenvalue weighted by atomic mass is 16.7. The fourth-order valence-corrected chi connectivity index (χ4v) is 2.75. The molecule has 2 aromatic carbocycles. The van der Waals surface area contributed by atoms with Crippen molar-refractivity contribution in [1.29, 1.82) is 0 Å². The Morgan fingerprint density at radius 3 is 2.20 bits per heavy atom. The van der Waals surface area contributed by atoms with Crippen molar-refractivity contribution >= 4 is 0 Å². The Hall–Kier alpha value is -1.76. The number of aliphatic hydroxyl groups is 1. The van der Waals surface area contributed by atoms with E-state index >= 15 is 0 Å². The van der Waals surface area contributed by atoms with Crippen molar-refractivity contribution in [3.63, 3.8) is 0 Å². The maximum Gasteiger partial charge on any atom is 0.186 e. The number of hydrogen-bond donors (Lipinski definition) is 1. The third kappa shape index (κ3) is 4.87. The fourth-order valence-electron chi connectivity index (χ4n) is 2.75. The first-order valence-corrected chi connectivity index (χ1v) is 8.29. The SMILES string of the molecule is [2H][C@]1(O)[C@H](OC)O[C@H](COCc2ccccc2)[C@H]1OCc1ccccc1. The van der Waals surface area contributed by atoms with Crippen LogP contribution in [0.15, 0.2) is 60.7 Å². The quantitative estimate of drug-likeness (QED) is 0.797. The van der Waals surface area contributed by atoms with E-state index in [4.69, 9.17) is 20.3 Å². The second-order valence-electron chi connectivity index (χ2n) is 5.88. The molecule has 2 aromatic rings. The zero-order valence-electron chi connectivity index (χ0n) is 15.2. The monoisotopic (exact) mass is 345 g/mol. The molecule has 1 fully saturated rings. The minimum absolute atomic E-state index is 0.190. The topological polar surface area (TPSA) is 57.2 Å². The molecule has 1 heterocycles. The van der Waals surface area contributed by atoms with Gasteiger partial charge in [0, 0.05) is 7.11 Å². The molecule has 0 amide bonds. The van der Waals surface area contributed by atoms with Gasteiger partial charge in [-0.3, -0.25) is 0 Å². The second kappa shape index (κ2) is 9.08. The van der Waals surface area contributed by atoms with E-state index in [1.807, 2.05) is 60.7 Å². The minimum atomic E-state index is -2.01. The lowest BCUT2D eigenvalue weighted by atomic mass is 10.1. The normalized spacial score (nSPS) is 29.5. The summed E-state index contributed by atoms with van der Waals surface area (Å²) in [4.78, 5) is 0. The van der Waals surface area contributed by atoms with Crippen LogP contribution in [0.25, 0.3) is 0 Å². The number of benzene rings is 2. The summed E-state index contributed by atoms with van der Waals surface area (Å²) in [5.74, 6) is 0. The van der Waals surface area contributed by atoms with Crippen LogP contribution in [0, 0.1) is 0 Å². The Morgan fingerprint density at radius 1 is 1.00 bits per heavy atom. The minimum Gasteiger partial charge on any atom is -0.385 e. The van der Waals surface area contributed by atoms with E-state index in [0.717, 1.165) is 11.1 Å². The average molecular weight is 345 g/mol. The highest BCUT2D eigenvalue weighted by molar-refractivity contribution is 5.14. The largest absolute Gasteiger partial charge is 0.385 e. The van der Waals surface area contributed by atoms with Crippen molar-refractivity contribution in [3.05, 3.63) is 71.8 Å². The summed E-state index contributed by atoms with van der Waals surface area (Å²) in [6.07, 6.45) is -4.59. The van der Waals surface area contributed by atoms with Crippen molar-refractivity contribution in [2.45, 2.75) is 37.8 Å². The predicted octanol–water partition coefficient (Wildman–Crippen LogP) is 2.52. The Kier molecular flexibility index (Phi) is 6.06. The van der Waals surface area contributed by atoms with Crippen molar-refractivity contribution < 1.29 is 25.4 Å². The van der Waals surface area contributed by atoms with Gasteiger partial charge in [-0.1, -0.05) is 60.7 Å². The summed E-state index contributed by atoms with van der Waals surface area (Å²) in [5.41, 5.74) is 1.99. The lowest BCUT2D eigenvalue weighted by Crippen LogP contribution is -2.37. The molecule has 0 unspecified atom stereocenters. The van der Waals surface area contributed by atoms with E-state index in [2.05, 4.69) is 0 Å². The van der Waals surface area contributed by atoms with Gasteiger partial charge in [0.25, 0.3) is 0 Å². The molecule has 0 spiro atoms. The lowest BCUT2D eigenvalue weighted by Gasteiger charge is -2.20. The maximum absolute atomic E-state index is 10.5. The van der Waals surface area contributed by atoms with E-state index in [1.54, 1.807) is 0 Å². The van der Waals surface area contributed by atoms with Gasteiger partial charge in [0.2, 0.25) is 0 Å². The molecular formula is C20H24O5. The van der Waals surface area contributed by atoms with Gasteiger partial charge in [-0.05, 0) is 11.1 Å². The summed E-state index contributed by atoms with van der Waals surface area (Å²) in [5, 5.41) is 10.5. The summed E-state index contributed by atoms with van der Waals surface area (Å²) in [6, 6.07) is 19.4. The van der Waals surface area contributed by atoms with Crippen molar-refractivity contribution in [1.82, 2.24) is 0 Å². The molecular weight excluding hydrogens is 320 g/mol. The zero-order chi connectivity index (χ0) is 18.4. The maximum atomic E-state index is 10.5. The highest BCUT2D eigenvalue weighted by Gasteiger charge is 2.44. The van der Waals surface area contributed by atoms with Gasteiger partial charge in [0.05, 0.1) is 21.2 Å². The molecule has 1 N–H and O–H groups in total. The van der Waals surface area contributed by atoms with Crippen LogP contribution in [-0.4, -0.2) is 43.4 Å². The lowest BCUT2D eigenvalue weighted by molar-refractivity contribution is -0.156. The van der Waals surface area contributed by atoms with Crippen LogP contribution in [0.5, 0.6) is 0 Å². The van der Waals surface area contributed by atoms with E-state index in [1.165, 1.54) is 7.11 Å². The van der Waals surface area contributed by atoms with Crippen molar-refractivity contribution in [2.75, 3.05) is 13.7 Å². The Balaban J connectivity index is 1.61. The Morgan fingerprint density at radius 2 is 1.60 bits per heavy atom. The number of ether oxygens (including phenoxy) is 4. The van der Waals surface area contributed by atoms with Gasteiger partial charge >= 0.3 is 0 Å². The van der Waals surface area contributed by atoms with Crippen LogP contribution < -0.4 is 0 Å². The van der Waals surface area contributed by atoms with Crippen LogP contribution >= 0.6 is 0 Å². The molecule has 1 saturated heterocycles. The second-order valence-corrected chi connectivity index (χ2v) is 5.88. The predicted molar refractivity (Wildman–Crippen MR) is 92.8 cm³/mol. The van der Waals surface area contributed by atoms with E-state index in [-0.39, 0.29) is 13.2 Å². The van der Waals surface area contributed by atoms with E-state index < -0.39 is 24.6 Å². The number of rotatable bonds is 8. The molecule has 1 aliphatic rings. The van der Waals surface area contributed by atoms with E-state index in [0.29, 0.717) is 6.61 Å². The van der Waals surface area contributed by atoms with E-state index in [9.17, 15) is 5.11 Å². The molecule has 0 aromatic heterocycles. The summed E-state index contributed by atoms with van der Waals surface area (Å²) in [6.45, 7) is 0.872. The van der Waals surface area contributed by atoms with Crippen molar-refractivity contribution in [3.8, 4) is 0 Å². The number of methoxy groups -OCH3 is 1. The highest BCUT2D eigenvalue weighted by Crippen LogP contribution is 2.26. The third-order valence-corrected chi connectivity index (χ3v) is 4.05. The molecule has 0 radical (unpaired) electrons. The standard InChI is InChI=1S/C20H24O5/c1-22-20-18(21)19(24-13-16-10-6-3-7-11-16)17(25-20)14-23-12-15-8-4-2-5-9-15/h2-11,17-21H,12-14H2,1H3/t17-,18-,19-,20-/m1/s1/i18D. The molecule has 5 nitrogen and oxygen atoms in total. The van der Waals surface area contributed by atoms with Gasteiger partial charge in [0.15, 0.2) is 6.29 Å². The smallest absolute Gasteiger partial charge is 0.186 e. The summed E-state index contributed by atoms with van der Waals surface area (Å²) < 4.78 is 30.5. The molecule has 4 atom stereocenters. The molecule has 0 aliphatic carbocycles. The fraction of sp³-hybridized carbons (Fsp3) is 0.400. The molecule has 0 saturated carbocycles. The molecule has 25 heavy (non-hydrogen) atoms. The molecule has 1 aliphatic heterocycles. The van der Waals surface area contributed by atoms with Gasteiger partial charge in [-0.15, -0.1) is 0 Å². The summed E-state index contributed by atoms with van der Waals surface area (Å²) >= 11 is 0. The Labute approximate surface area is 149 Å². The van der Waals surface area contributed by atoms with Crippen LogP contribution in [0.4, 0.5) is 0 Å². The zero-order valence-corrected chi connectivity index (χ0v) is 14.2. The van der Waals surface area contributed by atoms with Crippen LogP contribution in [0.3, 0.4) is 0 Å². The third-order valence-electron chi connectivity index (χ3n) is 4.05.